The fourth-order valence-electron chi connectivity index (χ4n) is 2.03. The maximum Gasteiger partial charge on any atom is 0.258 e. The highest BCUT2D eigenvalue weighted by molar-refractivity contribution is 7.80. The molecule has 5 heteroatoms. The van der Waals surface area contributed by atoms with E-state index in [4.69, 9.17) is 22.7 Å². The molecule has 0 saturated carbocycles. The van der Waals surface area contributed by atoms with E-state index in [-0.39, 0.29) is 10.9 Å². The van der Waals surface area contributed by atoms with Crippen molar-refractivity contribution in [3.05, 3.63) is 59.7 Å². The van der Waals surface area contributed by atoms with E-state index in [0.29, 0.717) is 22.6 Å². The Morgan fingerprint density at radius 1 is 1.19 bits per heavy atom. The summed E-state index contributed by atoms with van der Waals surface area (Å²) < 4.78 is 5.14. The molecule has 0 radical (unpaired) electrons. The van der Waals surface area contributed by atoms with Crippen LogP contribution < -0.4 is 15.4 Å². The largest absolute Gasteiger partial charge is 0.497 e. The highest BCUT2D eigenvalue weighted by atomic mass is 32.1. The summed E-state index contributed by atoms with van der Waals surface area (Å²) in [6.45, 7) is 0. The van der Waals surface area contributed by atoms with E-state index < -0.39 is 0 Å². The molecule has 0 aliphatic rings. The Hall–Kier alpha value is -2.40. The minimum Gasteiger partial charge on any atom is -0.497 e. The van der Waals surface area contributed by atoms with Crippen LogP contribution in [0.3, 0.4) is 0 Å². The minimum atomic E-state index is -0.155. The summed E-state index contributed by atoms with van der Waals surface area (Å²) in [5.41, 5.74) is 7.60. The molecule has 2 aromatic rings. The van der Waals surface area contributed by atoms with Crippen LogP contribution in [0.1, 0.15) is 15.9 Å². The molecule has 0 aliphatic heterocycles. The first-order valence-corrected chi connectivity index (χ1v) is 6.76. The smallest absolute Gasteiger partial charge is 0.258 e. The Labute approximate surface area is 129 Å². The third kappa shape index (κ3) is 3.20. The number of hydrogen-bond donors (Lipinski definition) is 1. The van der Waals surface area contributed by atoms with Gasteiger partial charge in [0.2, 0.25) is 0 Å². The number of benzene rings is 2. The van der Waals surface area contributed by atoms with Gasteiger partial charge in [-0.25, -0.2) is 0 Å². The van der Waals surface area contributed by atoms with Gasteiger partial charge < -0.3 is 15.4 Å². The van der Waals surface area contributed by atoms with Gasteiger partial charge in [0.25, 0.3) is 5.91 Å². The summed E-state index contributed by atoms with van der Waals surface area (Å²) in [5.74, 6) is 0.481. The van der Waals surface area contributed by atoms with Crippen molar-refractivity contribution < 1.29 is 9.53 Å². The van der Waals surface area contributed by atoms with E-state index in [9.17, 15) is 4.79 Å². The van der Waals surface area contributed by atoms with Crippen LogP contribution >= 0.6 is 12.2 Å². The standard InChI is InChI=1S/C16H16N2O2S/c1-18(14-9-4-3-8-13(14)15(17)21)16(19)11-6-5-7-12(10-11)20-2/h3-10H,1-2H3,(H2,17,21). The quantitative estimate of drug-likeness (QED) is 0.882. The molecular formula is C16H16N2O2S. The molecule has 0 aliphatic carbocycles. The van der Waals surface area contributed by atoms with E-state index in [1.54, 1.807) is 44.5 Å². The first-order valence-electron chi connectivity index (χ1n) is 6.35. The third-order valence-corrected chi connectivity index (χ3v) is 3.37. The molecule has 21 heavy (non-hydrogen) atoms. The number of rotatable bonds is 4. The highest BCUT2D eigenvalue weighted by Crippen LogP contribution is 2.22. The predicted octanol–water partition coefficient (Wildman–Crippen LogP) is 2.61. The van der Waals surface area contributed by atoms with Gasteiger partial charge in [0, 0.05) is 18.2 Å². The van der Waals surface area contributed by atoms with Crippen LogP contribution in [0, 0.1) is 0 Å². The Kier molecular flexibility index (Phi) is 4.55. The summed E-state index contributed by atoms with van der Waals surface area (Å²) in [5, 5.41) is 0. The molecule has 108 valence electrons. The number of carbonyl (C=O) groups is 1. The molecule has 2 aromatic carbocycles. The topological polar surface area (TPSA) is 55.6 Å². The van der Waals surface area contributed by atoms with Gasteiger partial charge in [-0.3, -0.25) is 4.79 Å². The average molecular weight is 300 g/mol. The second-order valence-electron chi connectivity index (χ2n) is 4.48. The van der Waals surface area contributed by atoms with Gasteiger partial charge >= 0.3 is 0 Å². The Morgan fingerprint density at radius 2 is 1.90 bits per heavy atom. The number of thiocarbonyl (C=S) groups is 1. The monoisotopic (exact) mass is 300 g/mol. The normalized spacial score (nSPS) is 10.0. The number of nitrogens with zero attached hydrogens (tertiary/aromatic N) is 1. The lowest BCUT2D eigenvalue weighted by Crippen LogP contribution is -2.28. The molecule has 0 heterocycles. The summed E-state index contributed by atoms with van der Waals surface area (Å²) in [6.07, 6.45) is 0. The second-order valence-corrected chi connectivity index (χ2v) is 4.92. The minimum absolute atomic E-state index is 0.155. The maximum atomic E-state index is 12.6. The number of methoxy groups -OCH3 is 1. The Balaban J connectivity index is 2.37. The molecule has 4 nitrogen and oxygen atoms in total. The second kappa shape index (κ2) is 6.37. The number of hydrogen-bond acceptors (Lipinski definition) is 3. The van der Waals surface area contributed by atoms with E-state index in [0.717, 1.165) is 0 Å². The maximum absolute atomic E-state index is 12.6. The summed E-state index contributed by atoms with van der Waals surface area (Å²) in [6, 6.07) is 14.3. The molecule has 2 rings (SSSR count). The van der Waals surface area contributed by atoms with Crippen LogP contribution in [0.15, 0.2) is 48.5 Å². The van der Waals surface area contributed by atoms with Crippen molar-refractivity contribution in [2.24, 2.45) is 5.73 Å². The van der Waals surface area contributed by atoms with Crippen molar-refractivity contribution in [2.45, 2.75) is 0 Å². The summed E-state index contributed by atoms with van der Waals surface area (Å²) in [4.78, 5) is 14.4. The number of para-hydroxylation sites is 1. The van der Waals surface area contributed by atoms with Crippen molar-refractivity contribution >= 4 is 28.8 Å². The fourth-order valence-corrected chi connectivity index (χ4v) is 2.21. The van der Waals surface area contributed by atoms with E-state index in [1.807, 2.05) is 18.2 Å². The zero-order valence-electron chi connectivity index (χ0n) is 11.9. The lowest BCUT2D eigenvalue weighted by atomic mass is 10.1. The van der Waals surface area contributed by atoms with Crippen molar-refractivity contribution in [2.75, 3.05) is 19.1 Å². The van der Waals surface area contributed by atoms with E-state index in [2.05, 4.69) is 0 Å². The molecule has 0 unspecified atom stereocenters. The third-order valence-electron chi connectivity index (χ3n) is 3.15. The number of carbonyl (C=O) groups excluding carboxylic acids is 1. The van der Waals surface area contributed by atoms with Gasteiger partial charge in [0.1, 0.15) is 10.7 Å². The molecule has 0 bridgehead atoms. The van der Waals surface area contributed by atoms with E-state index in [1.165, 1.54) is 4.90 Å². The van der Waals surface area contributed by atoms with Crippen LogP contribution in [-0.4, -0.2) is 25.1 Å². The van der Waals surface area contributed by atoms with E-state index >= 15 is 0 Å². The predicted molar refractivity (Wildman–Crippen MR) is 88.1 cm³/mol. The van der Waals surface area contributed by atoms with Crippen LogP contribution in [0.4, 0.5) is 5.69 Å². The lowest BCUT2D eigenvalue weighted by Gasteiger charge is -2.20. The first kappa shape index (κ1) is 15.0. The number of anilines is 1. The number of nitrogens with two attached hydrogens (primary N) is 1. The van der Waals surface area contributed by atoms with Gasteiger partial charge in [-0.2, -0.15) is 0 Å². The molecule has 0 saturated heterocycles. The molecule has 0 spiro atoms. The van der Waals surface area contributed by atoms with Gasteiger partial charge in [0.05, 0.1) is 12.8 Å². The summed E-state index contributed by atoms with van der Waals surface area (Å²) >= 11 is 5.03. The first-order chi connectivity index (χ1) is 10.0. The van der Waals surface area contributed by atoms with Gasteiger partial charge in [-0.1, -0.05) is 30.4 Å². The lowest BCUT2D eigenvalue weighted by molar-refractivity contribution is 0.0992. The van der Waals surface area contributed by atoms with Crippen molar-refractivity contribution in [1.82, 2.24) is 0 Å². The number of ether oxygens (including phenoxy) is 1. The zero-order chi connectivity index (χ0) is 15.4. The molecule has 1 amide bonds. The van der Waals surface area contributed by atoms with Gasteiger partial charge in [0.15, 0.2) is 0 Å². The van der Waals surface area contributed by atoms with Crippen LogP contribution in [0.2, 0.25) is 0 Å². The number of amides is 1. The molecule has 0 fully saturated rings. The van der Waals surface area contributed by atoms with Crippen LogP contribution in [-0.2, 0) is 0 Å². The SMILES string of the molecule is COc1cccc(C(=O)N(C)c2ccccc2C(N)=S)c1. The Bertz CT molecular complexity index is 685. The Morgan fingerprint density at radius 3 is 2.57 bits per heavy atom. The molecular weight excluding hydrogens is 284 g/mol. The molecule has 0 atom stereocenters. The van der Waals surface area contributed by atoms with Crippen LogP contribution in [0.5, 0.6) is 5.75 Å². The van der Waals surface area contributed by atoms with Crippen molar-refractivity contribution in [1.29, 1.82) is 0 Å². The molecule has 0 aromatic heterocycles. The fraction of sp³-hybridized carbons (Fsp3) is 0.125. The molecule has 2 N–H and O–H groups in total. The van der Waals surface area contributed by atoms with Gasteiger partial charge in [-0.05, 0) is 30.3 Å². The van der Waals surface area contributed by atoms with Crippen molar-refractivity contribution in [3.63, 3.8) is 0 Å². The summed E-state index contributed by atoms with van der Waals surface area (Å²) in [7, 11) is 3.26. The van der Waals surface area contributed by atoms with Gasteiger partial charge in [-0.15, -0.1) is 0 Å². The average Bonchev–Trinajstić information content (AvgIpc) is 2.53. The zero-order valence-corrected chi connectivity index (χ0v) is 12.7. The highest BCUT2D eigenvalue weighted by Gasteiger charge is 2.17. The van der Waals surface area contributed by atoms with Crippen molar-refractivity contribution in [3.8, 4) is 5.75 Å². The van der Waals surface area contributed by atoms with Crippen LogP contribution in [0.25, 0.3) is 0 Å².